The molecule has 1 amide bonds. The molecule has 1 aliphatic rings. The SMILES string of the molecule is CC(C)N1[C@H](C(=O)NCc2ccc(Cl)cc2Cl)CCCS1(=O)=O. The maximum atomic E-state index is 12.5. The van der Waals surface area contributed by atoms with Crippen molar-refractivity contribution in [2.24, 2.45) is 0 Å². The van der Waals surface area contributed by atoms with Crippen molar-refractivity contribution in [3.63, 3.8) is 0 Å². The van der Waals surface area contributed by atoms with Gasteiger partial charge in [0.15, 0.2) is 0 Å². The lowest BCUT2D eigenvalue weighted by atomic mass is 10.1. The number of carbonyl (C=O) groups is 1. The smallest absolute Gasteiger partial charge is 0.238 e. The Kier molecular flexibility index (Phi) is 5.94. The number of halogens is 2. The molecule has 128 valence electrons. The fraction of sp³-hybridized carbons (Fsp3) is 0.533. The van der Waals surface area contributed by atoms with Gasteiger partial charge in [0.25, 0.3) is 0 Å². The predicted molar refractivity (Wildman–Crippen MR) is 92.1 cm³/mol. The number of hydrogen-bond acceptors (Lipinski definition) is 3. The van der Waals surface area contributed by atoms with Gasteiger partial charge < -0.3 is 5.32 Å². The van der Waals surface area contributed by atoms with Crippen molar-refractivity contribution in [1.82, 2.24) is 9.62 Å². The highest BCUT2D eigenvalue weighted by Crippen LogP contribution is 2.24. The fourth-order valence-electron chi connectivity index (χ4n) is 2.78. The molecule has 1 aromatic carbocycles. The van der Waals surface area contributed by atoms with Crippen LogP contribution in [0.1, 0.15) is 32.3 Å². The van der Waals surface area contributed by atoms with Crippen LogP contribution in [0.5, 0.6) is 0 Å². The normalized spacial score (nSPS) is 21.3. The molecule has 1 aromatic rings. The molecule has 1 heterocycles. The number of carbonyl (C=O) groups excluding carboxylic acids is 1. The van der Waals surface area contributed by atoms with Crippen LogP contribution in [0, 0.1) is 0 Å². The average Bonchev–Trinajstić information content (AvgIpc) is 2.44. The quantitative estimate of drug-likeness (QED) is 0.875. The minimum Gasteiger partial charge on any atom is -0.351 e. The molecule has 0 bridgehead atoms. The largest absolute Gasteiger partial charge is 0.351 e. The Morgan fingerprint density at radius 3 is 2.70 bits per heavy atom. The van der Waals surface area contributed by atoms with E-state index in [1.54, 1.807) is 32.0 Å². The zero-order valence-corrected chi connectivity index (χ0v) is 15.4. The molecule has 5 nitrogen and oxygen atoms in total. The third-order valence-electron chi connectivity index (χ3n) is 3.79. The summed E-state index contributed by atoms with van der Waals surface area (Å²) in [5.41, 5.74) is 0.735. The minimum atomic E-state index is -3.38. The summed E-state index contributed by atoms with van der Waals surface area (Å²) < 4.78 is 25.7. The average molecular weight is 379 g/mol. The number of sulfonamides is 1. The number of benzene rings is 1. The van der Waals surface area contributed by atoms with E-state index < -0.39 is 16.1 Å². The summed E-state index contributed by atoms with van der Waals surface area (Å²) >= 11 is 11.9. The Morgan fingerprint density at radius 2 is 2.09 bits per heavy atom. The third-order valence-corrected chi connectivity index (χ3v) is 6.50. The standard InChI is InChI=1S/C15H20Cl2N2O3S/c1-10(2)19-14(4-3-7-23(19,21)22)15(20)18-9-11-5-6-12(16)8-13(11)17/h5-6,8,10,14H,3-4,7,9H2,1-2H3,(H,18,20)/t14-/m0/s1. The zero-order chi connectivity index (χ0) is 17.2. The molecule has 0 saturated carbocycles. The molecule has 1 atom stereocenters. The summed E-state index contributed by atoms with van der Waals surface area (Å²) in [6.45, 7) is 3.79. The first-order chi connectivity index (χ1) is 10.7. The molecule has 1 aliphatic heterocycles. The summed E-state index contributed by atoms with van der Waals surface area (Å²) in [4.78, 5) is 12.5. The second-order valence-electron chi connectivity index (χ2n) is 5.85. The predicted octanol–water partition coefficient (Wildman–Crippen LogP) is 2.81. The summed E-state index contributed by atoms with van der Waals surface area (Å²) in [5, 5.41) is 3.77. The van der Waals surface area contributed by atoms with Crippen LogP contribution in [0.4, 0.5) is 0 Å². The minimum absolute atomic E-state index is 0.0952. The van der Waals surface area contributed by atoms with E-state index in [0.717, 1.165) is 5.56 Å². The Hall–Kier alpha value is -0.820. The van der Waals surface area contributed by atoms with Crippen LogP contribution in [-0.2, 0) is 21.4 Å². The van der Waals surface area contributed by atoms with E-state index in [2.05, 4.69) is 5.32 Å². The molecule has 0 aromatic heterocycles. The second kappa shape index (κ2) is 7.38. The lowest BCUT2D eigenvalue weighted by Gasteiger charge is -2.36. The highest BCUT2D eigenvalue weighted by Gasteiger charge is 2.39. The molecular weight excluding hydrogens is 359 g/mol. The van der Waals surface area contributed by atoms with Crippen molar-refractivity contribution < 1.29 is 13.2 Å². The topological polar surface area (TPSA) is 66.5 Å². The van der Waals surface area contributed by atoms with Gasteiger partial charge in [-0.2, -0.15) is 4.31 Å². The molecule has 8 heteroatoms. The van der Waals surface area contributed by atoms with Crippen molar-refractivity contribution in [3.05, 3.63) is 33.8 Å². The second-order valence-corrected chi connectivity index (χ2v) is 8.69. The van der Waals surface area contributed by atoms with Crippen LogP contribution in [0.2, 0.25) is 10.0 Å². The van der Waals surface area contributed by atoms with Crippen LogP contribution < -0.4 is 5.32 Å². The van der Waals surface area contributed by atoms with Crippen molar-refractivity contribution in [3.8, 4) is 0 Å². The van der Waals surface area contributed by atoms with Gasteiger partial charge in [-0.05, 0) is 44.4 Å². The number of nitrogens with one attached hydrogen (secondary N) is 1. The van der Waals surface area contributed by atoms with Gasteiger partial charge in [0, 0.05) is 22.6 Å². The Morgan fingerprint density at radius 1 is 1.39 bits per heavy atom. The van der Waals surface area contributed by atoms with Crippen LogP contribution in [0.25, 0.3) is 0 Å². The van der Waals surface area contributed by atoms with Crippen LogP contribution >= 0.6 is 23.2 Å². The van der Waals surface area contributed by atoms with Gasteiger partial charge >= 0.3 is 0 Å². The number of nitrogens with zero attached hydrogens (tertiary/aromatic N) is 1. The highest BCUT2D eigenvalue weighted by atomic mass is 35.5. The van der Waals surface area contributed by atoms with E-state index in [1.807, 2.05) is 0 Å². The number of amides is 1. The lowest BCUT2D eigenvalue weighted by Crippen LogP contribution is -2.55. The van der Waals surface area contributed by atoms with E-state index in [1.165, 1.54) is 4.31 Å². The monoisotopic (exact) mass is 378 g/mol. The van der Waals surface area contributed by atoms with Crippen molar-refractivity contribution in [2.75, 3.05) is 5.75 Å². The van der Waals surface area contributed by atoms with Gasteiger partial charge in [0.1, 0.15) is 6.04 Å². The molecule has 1 N–H and O–H groups in total. The number of hydrogen-bond donors (Lipinski definition) is 1. The van der Waals surface area contributed by atoms with Gasteiger partial charge in [0.2, 0.25) is 15.9 Å². The lowest BCUT2D eigenvalue weighted by molar-refractivity contribution is -0.125. The molecule has 1 saturated heterocycles. The number of rotatable bonds is 4. The maximum absolute atomic E-state index is 12.5. The molecule has 1 fully saturated rings. The first kappa shape index (κ1) is 18.5. The van der Waals surface area contributed by atoms with E-state index >= 15 is 0 Å². The summed E-state index contributed by atoms with van der Waals surface area (Å²) in [7, 11) is -3.38. The third kappa shape index (κ3) is 4.38. The van der Waals surface area contributed by atoms with Crippen LogP contribution in [-0.4, -0.2) is 36.5 Å². The molecule has 2 rings (SSSR count). The summed E-state index contributed by atoms with van der Waals surface area (Å²) in [6, 6.07) is 4.12. The fourth-order valence-corrected chi connectivity index (χ4v) is 5.23. The van der Waals surface area contributed by atoms with Gasteiger partial charge in [-0.3, -0.25) is 4.79 Å². The van der Waals surface area contributed by atoms with Gasteiger partial charge in [-0.15, -0.1) is 0 Å². The van der Waals surface area contributed by atoms with Gasteiger partial charge in [-0.1, -0.05) is 29.3 Å². The van der Waals surface area contributed by atoms with E-state index in [0.29, 0.717) is 22.9 Å². The van der Waals surface area contributed by atoms with Crippen molar-refractivity contribution >= 4 is 39.1 Å². The van der Waals surface area contributed by atoms with Crippen LogP contribution in [0.3, 0.4) is 0 Å². The van der Waals surface area contributed by atoms with Crippen molar-refractivity contribution in [2.45, 2.75) is 45.3 Å². The van der Waals surface area contributed by atoms with E-state index in [-0.39, 0.29) is 24.2 Å². The van der Waals surface area contributed by atoms with Gasteiger partial charge in [-0.25, -0.2) is 8.42 Å². The Labute approximate surface area is 147 Å². The summed E-state index contributed by atoms with van der Waals surface area (Å²) in [5.74, 6) is -0.203. The Bertz CT molecular complexity index is 692. The van der Waals surface area contributed by atoms with E-state index in [9.17, 15) is 13.2 Å². The van der Waals surface area contributed by atoms with Crippen molar-refractivity contribution in [1.29, 1.82) is 0 Å². The molecule has 0 aliphatic carbocycles. The molecule has 0 radical (unpaired) electrons. The molecule has 23 heavy (non-hydrogen) atoms. The first-order valence-corrected chi connectivity index (χ1v) is 9.81. The summed E-state index contributed by atoms with van der Waals surface area (Å²) in [6.07, 6.45) is 1.02. The zero-order valence-electron chi connectivity index (χ0n) is 13.1. The maximum Gasteiger partial charge on any atom is 0.238 e. The Balaban J connectivity index is 2.09. The molecular formula is C15H20Cl2N2O3S. The van der Waals surface area contributed by atoms with E-state index in [4.69, 9.17) is 23.2 Å². The molecule has 0 unspecified atom stereocenters. The van der Waals surface area contributed by atoms with Gasteiger partial charge in [0.05, 0.1) is 5.75 Å². The van der Waals surface area contributed by atoms with Crippen LogP contribution in [0.15, 0.2) is 18.2 Å². The molecule has 0 spiro atoms. The first-order valence-electron chi connectivity index (χ1n) is 7.45. The highest BCUT2D eigenvalue weighted by molar-refractivity contribution is 7.89.